The maximum absolute atomic E-state index is 11.0. The predicted molar refractivity (Wildman–Crippen MR) is 183 cm³/mol. The van der Waals surface area contributed by atoms with Crippen molar-refractivity contribution in [3.05, 3.63) is 59.7 Å². The summed E-state index contributed by atoms with van der Waals surface area (Å²) in [6.07, 6.45) is 13.6. The zero-order valence-corrected chi connectivity index (χ0v) is 28.5. The van der Waals surface area contributed by atoms with E-state index in [1.54, 1.807) is 24.3 Å². The number of ketones is 1. The van der Waals surface area contributed by atoms with Gasteiger partial charge in [-0.1, -0.05) is 84.9 Å². The number of allylic oxidation sites excluding steroid dienone is 4. The number of hydrogen-bond donors (Lipinski definition) is 3. The molecule has 7 heteroatoms. The van der Waals surface area contributed by atoms with Crippen molar-refractivity contribution in [1.82, 2.24) is 4.90 Å². The van der Waals surface area contributed by atoms with E-state index in [1.807, 2.05) is 19.9 Å². The number of rotatable bonds is 10. The fourth-order valence-corrected chi connectivity index (χ4v) is 3.90. The molecule has 0 unspecified atom stereocenters. The van der Waals surface area contributed by atoms with Crippen molar-refractivity contribution in [3.8, 4) is 0 Å². The lowest BCUT2D eigenvalue weighted by atomic mass is 9.79. The highest BCUT2D eigenvalue weighted by Crippen LogP contribution is 2.31. The number of aryl methyl sites for hydroxylation is 1. The Balaban J connectivity index is 0. The van der Waals surface area contributed by atoms with Crippen molar-refractivity contribution in [2.24, 2.45) is 11.3 Å². The highest BCUT2D eigenvalue weighted by atomic mass is 16.4. The van der Waals surface area contributed by atoms with Gasteiger partial charge < -0.3 is 15.1 Å². The van der Waals surface area contributed by atoms with Gasteiger partial charge in [-0.05, 0) is 108 Å². The van der Waals surface area contributed by atoms with Crippen molar-refractivity contribution in [3.63, 3.8) is 0 Å². The molecule has 2 rings (SSSR count). The van der Waals surface area contributed by atoms with Crippen LogP contribution in [-0.4, -0.2) is 52.6 Å². The first-order valence-corrected chi connectivity index (χ1v) is 15.8. The van der Waals surface area contributed by atoms with Gasteiger partial charge in [-0.3, -0.25) is 14.9 Å². The molecule has 0 saturated heterocycles. The van der Waals surface area contributed by atoms with Gasteiger partial charge in [-0.2, -0.15) is 0 Å². The Kier molecular flexibility index (Phi) is 23.7. The fraction of sp³-hybridized carbons (Fsp3) is 0.583. The number of nitrogens with zero attached hydrogens (tertiary/aromatic N) is 1. The number of aliphatic carboxylic acids is 1. The van der Waals surface area contributed by atoms with Crippen LogP contribution in [0.15, 0.2) is 48.6 Å². The van der Waals surface area contributed by atoms with Crippen LogP contribution in [0.2, 0.25) is 0 Å². The molecule has 1 aliphatic carbocycles. The molecule has 7 nitrogen and oxygen atoms in total. The molecule has 1 aromatic rings. The summed E-state index contributed by atoms with van der Waals surface area (Å²) in [7, 11) is 0. The van der Waals surface area contributed by atoms with Gasteiger partial charge in [0.2, 0.25) is 0 Å². The molecule has 1 amide bonds. The van der Waals surface area contributed by atoms with Crippen LogP contribution in [0, 0.1) is 18.3 Å². The van der Waals surface area contributed by atoms with Gasteiger partial charge in [-0.25, -0.2) is 4.79 Å². The Morgan fingerprint density at radius 1 is 1.05 bits per heavy atom. The minimum atomic E-state index is -1.11. The van der Waals surface area contributed by atoms with Gasteiger partial charge in [0, 0.05) is 11.3 Å². The molecule has 0 heterocycles. The highest BCUT2D eigenvalue weighted by Gasteiger charge is 2.31. The Morgan fingerprint density at radius 2 is 1.63 bits per heavy atom. The van der Waals surface area contributed by atoms with Crippen LogP contribution < -0.4 is 5.32 Å². The Bertz CT molecular complexity index is 1020. The molecule has 0 radical (unpaired) electrons. The Morgan fingerprint density at radius 3 is 2.12 bits per heavy atom. The quantitative estimate of drug-likeness (QED) is 0.140. The van der Waals surface area contributed by atoms with Crippen LogP contribution in [-0.2, 0) is 9.59 Å². The van der Waals surface area contributed by atoms with Gasteiger partial charge >= 0.3 is 12.1 Å². The van der Waals surface area contributed by atoms with Crippen molar-refractivity contribution in [2.45, 2.75) is 107 Å². The number of amides is 1. The fourth-order valence-electron chi connectivity index (χ4n) is 3.90. The third-order valence-electron chi connectivity index (χ3n) is 7.01. The second-order valence-electron chi connectivity index (χ2n) is 11.6. The van der Waals surface area contributed by atoms with Gasteiger partial charge in [0.15, 0.2) is 5.78 Å². The molecule has 1 aliphatic rings. The number of carboxylic acids is 1. The molecule has 0 aliphatic heterocycles. The zero-order valence-electron chi connectivity index (χ0n) is 28.5. The predicted octanol–water partition coefficient (Wildman–Crippen LogP) is 9.63. The summed E-state index contributed by atoms with van der Waals surface area (Å²) in [5, 5.41) is 19.9. The van der Waals surface area contributed by atoms with E-state index in [9.17, 15) is 14.4 Å². The molecule has 0 fully saturated rings. The van der Waals surface area contributed by atoms with Crippen molar-refractivity contribution in [1.29, 1.82) is 0 Å². The summed E-state index contributed by atoms with van der Waals surface area (Å²) < 4.78 is 0. The molecule has 3 N–H and O–H groups in total. The first-order valence-electron chi connectivity index (χ1n) is 15.8. The summed E-state index contributed by atoms with van der Waals surface area (Å²) >= 11 is 0. The summed E-state index contributed by atoms with van der Waals surface area (Å²) in [6.45, 7) is 25.8. The number of benzene rings is 1. The lowest BCUT2D eigenvalue weighted by molar-refractivity contribution is -0.148. The van der Waals surface area contributed by atoms with Gasteiger partial charge in [0.1, 0.15) is 0 Å². The van der Waals surface area contributed by atoms with E-state index < -0.39 is 17.5 Å². The molecule has 0 saturated carbocycles. The number of carbonyl (C=O) groups is 3. The topological polar surface area (TPSA) is 107 Å². The van der Waals surface area contributed by atoms with E-state index >= 15 is 0 Å². The maximum atomic E-state index is 11.0. The van der Waals surface area contributed by atoms with Gasteiger partial charge in [-0.15, -0.1) is 0 Å². The van der Waals surface area contributed by atoms with Crippen LogP contribution >= 0.6 is 0 Å². The van der Waals surface area contributed by atoms with Gasteiger partial charge in [0.05, 0.1) is 5.41 Å². The summed E-state index contributed by atoms with van der Waals surface area (Å²) in [5.74, 6) is 0.113. The molecule has 1 aromatic carbocycles. The van der Waals surface area contributed by atoms with Crippen molar-refractivity contribution < 1.29 is 24.6 Å². The molecule has 0 bridgehead atoms. The molecular formula is C36H60N2O5. The first kappa shape index (κ1) is 41.9. The number of carboxylic acid groups (broad SMARTS) is 2. The zero-order chi connectivity index (χ0) is 33.4. The SMILES string of the molecule is C=C(/C=C\c1cc(NC(=O)O)ccc1C)C(C)=O.CCC.CCN(CC)CCC(C)C.C[C@@]1(C(=O)O)CC/C=C/CCC1. The average Bonchev–Trinajstić information content (AvgIpc) is 2.92. The largest absolute Gasteiger partial charge is 0.481 e. The molecule has 43 heavy (non-hydrogen) atoms. The summed E-state index contributed by atoms with van der Waals surface area (Å²) in [5.41, 5.74) is 2.24. The lowest BCUT2D eigenvalue weighted by Gasteiger charge is -2.24. The third kappa shape index (κ3) is 21.2. The van der Waals surface area contributed by atoms with E-state index in [1.165, 1.54) is 39.4 Å². The number of nitrogens with one attached hydrogen (secondary N) is 1. The standard InChI is InChI=1S/C14H15NO3.C10H16O2.C9H21N.C3H8/c1-9(11(3)16)4-6-12-8-13(15-14(17)18)7-5-10(12)2;1-10(9(11)12)7-5-3-2-4-6-8-10;1-5-10(6-2)8-7-9(3)4;1-3-2/h4-8,15H,1H2,2-3H3,(H,17,18);2-3H,4-8H2,1H3,(H,11,12);9H,5-8H2,1-4H3;3H2,1-2H3/b6-4-;3-2+;;/t;10-;;/m.1../s1. The highest BCUT2D eigenvalue weighted by molar-refractivity contribution is 5.96. The van der Waals surface area contributed by atoms with E-state index in [0.717, 1.165) is 49.1 Å². The Labute approximate surface area is 262 Å². The first-order chi connectivity index (χ1) is 20.2. The minimum Gasteiger partial charge on any atom is -0.481 e. The number of Topliss-reactive ketones (excluding diaryl/α,β-unsaturated/α-hetero) is 1. The second-order valence-corrected chi connectivity index (χ2v) is 11.6. The average molecular weight is 601 g/mol. The monoisotopic (exact) mass is 600 g/mol. The minimum absolute atomic E-state index is 0.0938. The van der Waals surface area contributed by atoms with E-state index in [4.69, 9.17) is 10.2 Å². The van der Waals surface area contributed by atoms with Crippen molar-refractivity contribution >= 4 is 29.6 Å². The normalized spacial score (nSPS) is 16.7. The maximum Gasteiger partial charge on any atom is 0.409 e. The van der Waals surface area contributed by atoms with E-state index in [-0.39, 0.29) is 5.78 Å². The van der Waals surface area contributed by atoms with Crippen LogP contribution in [0.3, 0.4) is 0 Å². The second kappa shape index (κ2) is 24.3. The van der Waals surface area contributed by atoms with Crippen LogP contribution in [0.25, 0.3) is 6.08 Å². The van der Waals surface area contributed by atoms with Crippen LogP contribution in [0.4, 0.5) is 10.5 Å². The molecular weight excluding hydrogens is 540 g/mol. The smallest absolute Gasteiger partial charge is 0.409 e. The summed E-state index contributed by atoms with van der Waals surface area (Å²) in [6, 6.07) is 5.19. The number of carbonyl (C=O) groups excluding carboxylic acids is 1. The van der Waals surface area contributed by atoms with Gasteiger partial charge in [0.25, 0.3) is 0 Å². The Hall–Kier alpha value is -3.19. The van der Waals surface area contributed by atoms with Crippen LogP contribution in [0.5, 0.6) is 0 Å². The third-order valence-corrected chi connectivity index (χ3v) is 7.01. The van der Waals surface area contributed by atoms with E-state index in [0.29, 0.717) is 11.3 Å². The number of hydrogen-bond acceptors (Lipinski definition) is 4. The van der Waals surface area contributed by atoms with E-state index in [2.05, 4.69) is 70.5 Å². The van der Waals surface area contributed by atoms with Crippen molar-refractivity contribution in [2.75, 3.05) is 25.0 Å². The molecule has 244 valence electrons. The van der Waals surface area contributed by atoms with Crippen LogP contribution in [0.1, 0.15) is 111 Å². The molecule has 0 aromatic heterocycles. The molecule has 1 atom stereocenters. The number of anilines is 1. The summed E-state index contributed by atoms with van der Waals surface area (Å²) in [4.78, 5) is 34.9. The lowest BCUT2D eigenvalue weighted by Crippen LogP contribution is -2.27. The molecule has 0 spiro atoms.